The van der Waals surface area contributed by atoms with E-state index in [2.05, 4.69) is 9.68 Å². The van der Waals surface area contributed by atoms with Crippen molar-refractivity contribution in [3.05, 3.63) is 16.4 Å². The van der Waals surface area contributed by atoms with Gasteiger partial charge in [-0.1, -0.05) is 11.6 Å². The van der Waals surface area contributed by atoms with Gasteiger partial charge in [0.05, 0.1) is 0 Å². The molecule has 84 valence electrons. The standard InChI is InChI=1S/C8H10N2O4.ClH/c11-7(12)5-3-1-2-4-6-9-14-8(13)10(5)6;/h5H,1-4H2,(H,11,12);1H. The Hall–Kier alpha value is -1.30. The third kappa shape index (κ3) is 2.04. The summed E-state index contributed by atoms with van der Waals surface area (Å²) in [4.78, 5) is 22.1. The lowest BCUT2D eigenvalue weighted by Gasteiger charge is -2.09. The molecular formula is C8H11ClN2O4. The fraction of sp³-hybridized carbons (Fsp3) is 0.625. The fourth-order valence-corrected chi connectivity index (χ4v) is 1.74. The Kier molecular flexibility index (Phi) is 3.52. The van der Waals surface area contributed by atoms with Gasteiger partial charge in [-0.25, -0.2) is 14.2 Å². The number of hydrogen-bond acceptors (Lipinski definition) is 4. The minimum Gasteiger partial charge on any atom is -0.480 e. The van der Waals surface area contributed by atoms with Crippen molar-refractivity contribution in [3.8, 4) is 0 Å². The Labute approximate surface area is 91.3 Å². The van der Waals surface area contributed by atoms with Gasteiger partial charge in [0.25, 0.3) is 0 Å². The number of fused-ring (bicyclic) bond motifs is 1. The molecule has 0 bridgehead atoms. The quantitative estimate of drug-likeness (QED) is 0.770. The predicted molar refractivity (Wildman–Crippen MR) is 52.2 cm³/mol. The minimum absolute atomic E-state index is 0. The maximum atomic E-state index is 11.2. The summed E-state index contributed by atoms with van der Waals surface area (Å²) < 4.78 is 5.60. The number of hydrogen-bond donors (Lipinski definition) is 1. The SMILES string of the molecule is Cl.O=C(O)C1CCCCc2noc(=O)n21. The number of nitrogens with zero attached hydrogens (tertiary/aromatic N) is 2. The molecular weight excluding hydrogens is 224 g/mol. The number of carbonyl (C=O) groups is 1. The van der Waals surface area contributed by atoms with E-state index in [9.17, 15) is 9.59 Å². The van der Waals surface area contributed by atoms with E-state index in [1.165, 1.54) is 0 Å². The van der Waals surface area contributed by atoms with Crippen LogP contribution in [0, 0.1) is 0 Å². The topological polar surface area (TPSA) is 85.3 Å². The number of carboxylic acids is 1. The molecule has 6 nitrogen and oxygen atoms in total. The van der Waals surface area contributed by atoms with Gasteiger partial charge in [-0.15, -0.1) is 12.4 Å². The molecule has 0 saturated heterocycles. The molecule has 2 rings (SSSR count). The van der Waals surface area contributed by atoms with E-state index < -0.39 is 17.8 Å². The molecule has 1 N–H and O–H groups in total. The maximum Gasteiger partial charge on any atom is 0.442 e. The summed E-state index contributed by atoms with van der Waals surface area (Å²) in [5.41, 5.74) is 0. The molecule has 7 heteroatoms. The van der Waals surface area contributed by atoms with E-state index >= 15 is 0 Å². The van der Waals surface area contributed by atoms with Crippen LogP contribution in [0.4, 0.5) is 0 Å². The van der Waals surface area contributed by atoms with Crippen molar-refractivity contribution >= 4 is 18.4 Å². The first-order chi connectivity index (χ1) is 6.70. The van der Waals surface area contributed by atoms with E-state index in [1.54, 1.807) is 0 Å². The van der Waals surface area contributed by atoms with Crippen LogP contribution < -0.4 is 5.76 Å². The number of rotatable bonds is 1. The van der Waals surface area contributed by atoms with Crippen molar-refractivity contribution < 1.29 is 14.4 Å². The summed E-state index contributed by atoms with van der Waals surface area (Å²) in [6.45, 7) is 0. The largest absolute Gasteiger partial charge is 0.480 e. The Bertz CT molecular complexity index is 411. The zero-order chi connectivity index (χ0) is 10.1. The fourth-order valence-electron chi connectivity index (χ4n) is 1.74. The lowest BCUT2D eigenvalue weighted by molar-refractivity contribution is -0.141. The highest BCUT2D eigenvalue weighted by Gasteiger charge is 2.28. The Morgan fingerprint density at radius 3 is 2.93 bits per heavy atom. The van der Waals surface area contributed by atoms with Crippen LogP contribution in [0.1, 0.15) is 31.1 Å². The first kappa shape index (κ1) is 11.8. The highest BCUT2D eigenvalue weighted by molar-refractivity contribution is 5.85. The first-order valence-corrected chi connectivity index (χ1v) is 4.50. The van der Waals surface area contributed by atoms with Crippen molar-refractivity contribution in [2.75, 3.05) is 0 Å². The van der Waals surface area contributed by atoms with Gasteiger partial charge >= 0.3 is 11.7 Å². The van der Waals surface area contributed by atoms with Gasteiger partial charge in [0, 0.05) is 6.42 Å². The normalized spacial score (nSPS) is 19.9. The summed E-state index contributed by atoms with van der Waals surface area (Å²) in [7, 11) is 0. The molecule has 2 heterocycles. The molecule has 0 fully saturated rings. The summed E-state index contributed by atoms with van der Waals surface area (Å²) in [6, 6.07) is -0.814. The first-order valence-electron chi connectivity index (χ1n) is 4.50. The lowest BCUT2D eigenvalue weighted by Crippen LogP contribution is -2.27. The van der Waals surface area contributed by atoms with Crippen LogP contribution in [0.3, 0.4) is 0 Å². The van der Waals surface area contributed by atoms with Gasteiger partial charge in [-0.2, -0.15) is 0 Å². The van der Waals surface area contributed by atoms with Crippen LogP contribution in [0.2, 0.25) is 0 Å². The summed E-state index contributed by atoms with van der Waals surface area (Å²) in [5.74, 6) is -1.23. The van der Waals surface area contributed by atoms with E-state index in [1.807, 2.05) is 0 Å². The van der Waals surface area contributed by atoms with Crippen LogP contribution in [0.15, 0.2) is 9.32 Å². The van der Waals surface area contributed by atoms with Crippen molar-refractivity contribution in [1.82, 2.24) is 9.72 Å². The van der Waals surface area contributed by atoms with Crippen molar-refractivity contribution in [2.45, 2.75) is 31.7 Å². The number of aryl methyl sites for hydroxylation is 1. The second kappa shape index (κ2) is 4.48. The van der Waals surface area contributed by atoms with E-state index in [0.717, 1.165) is 17.4 Å². The third-order valence-corrected chi connectivity index (χ3v) is 2.43. The molecule has 1 aromatic heterocycles. The van der Waals surface area contributed by atoms with E-state index in [0.29, 0.717) is 18.7 Å². The molecule has 0 aliphatic carbocycles. The Morgan fingerprint density at radius 1 is 1.53 bits per heavy atom. The number of aliphatic carboxylic acids is 1. The van der Waals surface area contributed by atoms with Crippen LogP contribution in [-0.4, -0.2) is 20.8 Å². The zero-order valence-electron chi connectivity index (χ0n) is 7.88. The molecule has 1 unspecified atom stereocenters. The minimum atomic E-state index is -1.00. The molecule has 0 saturated carbocycles. The van der Waals surface area contributed by atoms with Gasteiger partial charge in [-0.3, -0.25) is 4.52 Å². The van der Waals surface area contributed by atoms with Crippen LogP contribution >= 0.6 is 12.4 Å². The van der Waals surface area contributed by atoms with E-state index in [-0.39, 0.29) is 12.4 Å². The molecule has 15 heavy (non-hydrogen) atoms. The van der Waals surface area contributed by atoms with Crippen molar-refractivity contribution in [1.29, 1.82) is 0 Å². The maximum absolute atomic E-state index is 11.2. The van der Waals surface area contributed by atoms with Crippen LogP contribution in [0.25, 0.3) is 0 Å². The highest BCUT2D eigenvalue weighted by Crippen LogP contribution is 2.20. The molecule has 0 spiro atoms. The molecule has 1 atom stereocenters. The zero-order valence-corrected chi connectivity index (χ0v) is 8.70. The summed E-state index contributed by atoms with van der Waals surface area (Å²) in [5, 5.41) is 12.5. The average Bonchev–Trinajstić information content (AvgIpc) is 2.38. The molecule has 1 aliphatic rings. The van der Waals surface area contributed by atoms with Crippen LogP contribution in [0.5, 0.6) is 0 Å². The smallest absolute Gasteiger partial charge is 0.442 e. The second-order valence-corrected chi connectivity index (χ2v) is 3.33. The predicted octanol–water partition coefficient (Wildman–Crippen LogP) is 0.610. The van der Waals surface area contributed by atoms with Gasteiger partial charge in [0.15, 0.2) is 5.82 Å². The van der Waals surface area contributed by atoms with Crippen molar-refractivity contribution in [2.24, 2.45) is 0 Å². The van der Waals surface area contributed by atoms with Crippen LogP contribution in [-0.2, 0) is 11.2 Å². The highest BCUT2D eigenvalue weighted by atomic mass is 35.5. The summed E-state index contributed by atoms with van der Waals surface area (Å²) in [6.07, 6.45) is 2.70. The molecule has 1 aromatic rings. The lowest BCUT2D eigenvalue weighted by atomic mass is 10.1. The molecule has 1 aliphatic heterocycles. The molecule has 0 amide bonds. The van der Waals surface area contributed by atoms with Gasteiger partial charge < -0.3 is 5.11 Å². The average molecular weight is 235 g/mol. The third-order valence-electron chi connectivity index (χ3n) is 2.43. The molecule has 0 aromatic carbocycles. The number of halogens is 1. The molecule has 0 radical (unpaired) electrons. The van der Waals surface area contributed by atoms with Gasteiger partial charge in [-0.05, 0) is 12.8 Å². The number of aromatic nitrogens is 2. The van der Waals surface area contributed by atoms with Crippen molar-refractivity contribution in [3.63, 3.8) is 0 Å². The Morgan fingerprint density at radius 2 is 2.27 bits per heavy atom. The Balaban J connectivity index is 0.00000112. The monoisotopic (exact) mass is 234 g/mol. The van der Waals surface area contributed by atoms with Gasteiger partial charge in [0.2, 0.25) is 0 Å². The van der Waals surface area contributed by atoms with Gasteiger partial charge in [0.1, 0.15) is 6.04 Å². The second-order valence-electron chi connectivity index (χ2n) is 3.33. The summed E-state index contributed by atoms with van der Waals surface area (Å²) >= 11 is 0. The number of carboxylic acid groups (broad SMARTS) is 1. The van der Waals surface area contributed by atoms with E-state index in [4.69, 9.17) is 5.11 Å².